The molecule has 1 fully saturated rings. The summed E-state index contributed by atoms with van der Waals surface area (Å²) in [5.41, 5.74) is 3.55. The number of esters is 1. The number of carbonyl (C=O) groups is 1. The maximum Gasteiger partial charge on any atom is 0.313 e. The first-order valence-electron chi connectivity index (χ1n) is 10.9. The second kappa shape index (κ2) is 9.43. The molecule has 0 spiro atoms. The Morgan fingerprint density at radius 3 is 2.81 bits per heavy atom. The Bertz CT molecular complexity index is 1020. The van der Waals surface area contributed by atoms with Crippen molar-refractivity contribution < 1.29 is 14.1 Å². The molecule has 1 aromatic carbocycles. The first-order valence-corrected chi connectivity index (χ1v) is 10.9. The van der Waals surface area contributed by atoms with Gasteiger partial charge >= 0.3 is 5.97 Å². The van der Waals surface area contributed by atoms with Crippen LogP contribution in [0.5, 0.6) is 0 Å². The van der Waals surface area contributed by atoms with Crippen LogP contribution in [0.15, 0.2) is 59.4 Å². The summed E-state index contributed by atoms with van der Waals surface area (Å²) < 4.78 is 11.2. The summed E-state index contributed by atoms with van der Waals surface area (Å²) in [5.74, 6) is 0.570. The molecule has 4 rings (SSSR count). The van der Waals surface area contributed by atoms with Crippen molar-refractivity contribution in [2.45, 2.75) is 39.7 Å². The summed E-state index contributed by atoms with van der Waals surface area (Å²) >= 11 is 0. The maximum absolute atomic E-state index is 13.1. The molecule has 1 atom stereocenters. The molecule has 3 heterocycles. The van der Waals surface area contributed by atoms with Crippen molar-refractivity contribution in [3.63, 3.8) is 0 Å². The Labute approximate surface area is 183 Å². The molecule has 2 aromatic heterocycles. The van der Waals surface area contributed by atoms with E-state index in [9.17, 15) is 4.79 Å². The molecule has 6 nitrogen and oxygen atoms in total. The van der Waals surface area contributed by atoms with Crippen LogP contribution in [0.4, 0.5) is 0 Å². The number of nitrogens with zero attached hydrogens (tertiary/aromatic N) is 3. The van der Waals surface area contributed by atoms with E-state index in [-0.39, 0.29) is 5.97 Å². The van der Waals surface area contributed by atoms with Crippen LogP contribution in [0.25, 0.3) is 11.3 Å². The lowest BCUT2D eigenvalue weighted by Gasteiger charge is -2.40. The van der Waals surface area contributed by atoms with Crippen molar-refractivity contribution in [3.05, 3.63) is 71.7 Å². The molecule has 0 unspecified atom stereocenters. The number of benzene rings is 1. The number of rotatable bonds is 7. The van der Waals surface area contributed by atoms with E-state index in [0.717, 1.165) is 48.5 Å². The molecule has 1 saturated heterocycles. The lowest BCUT2D eigenvalue weighted by molar-refractivity contribution is -0.159. The summed E-state index contributed by atoms with van der Waals surface area (Å²) in [5, 5.41) is 4.29. The highest BCUT2D eigenvalue weighted by molar-refractivity contribution is 5.78. The van der Waals surface area contributed by atoms with Crippen LogP contribution < -0.4 is 0 Å². The third-order valence-electron chi connectivity index (χ3n) is 6.01. The van der Waals surface area contributed by atoms with Crippen LogP contribution in [-0.2, 0) is 22.5 Å². The molecule has 0 amide bonds. The topological polar surface area (TPSA) is 68.5 Å². The van der Waals surface area contributed by atoms with Crippen molar-refractivity contribution in [2.75, 3.05) is 19.7 Å². The minimum Gasteiger partial charge on any atom is -0.466 e. The van der Waals surface area contributed by atoms with Crippen LogP contribution in [-0.4, -0.2) is 40.7 Å². The summed E-state index contributed by atoms with van der Waals surface area (Å²) in [6, 6.07) is 14.1. The monoisotopic (exact) mass is 419 g/mol. The van der Waals surface area contributed by atoms with E-state index in [0.29, 0.717) is 19.6 Å². The van der Waals surface area contributed by atoms with Crippen molar-refractivity contribution in [3.8, 4) is 11.3 Å². The van der Waals surface area contributed by atoms with Crippen molar-refractivity contribution in [1.82, 2.24) is 15.0 Å². The Hall–Kier alpha value is -2.99. The number of likely N-dealkylation sites (tertiary alicyclic amines) is 1. The van der Waals surface area contributed by atoms with Crippen LogP contribution in [0.1, 0.15) is 36.7 Å². The quantitative estimate of drug-likeness (QED) is 0.528. The van der Waals surface area contributed by atoms with Crippen LogP contribution in [0, 0.1) is 12.3 Å². The van der Waals surface area contributed by atoms with Gasteiger partial charge in [0.1, 0.15) is 11.5 Å². The Morgan fingerprint density at radius 2 is 2.03 bits per heavy atom. The standard InChI is InChI=1S/C25H29N3O3/c1-3-30-24(29)25(11-6-14-28(18-25)17-20-9-12-26-13-10-20)16-21-15-23(27-31-21)22-8-5-4-7-19(22)2/h4-5,7-10,12-13,15H,3,6,11,14,16-18H2,1-2H3/t25-/m0/s1. The second-order valence-electron chi connectivity index (χ2n) is 8.34. The van der Waals surface area contributed by atoms with Gasteiger partial charge in [-0.3, -0.25) is 14.7 Å². The number of pyridine rings is 1. The van der Waals surface area contributed by atoms with E-state index >= 15 is 0 Å². The van der Waals surface area contributed by atoms with Gasteiger partial charge in [0.25, 0.3) is 0 Å². The van der Waals surface area contributed by atoms with E-state index in [2.05, 4.69) is 28.0 Å². The molecule has 0 saturated carbocycles. The molecule has 0 bridgehead atoms. The molecule has 6 heteroatoms. The fourth-order valence-electron chi connectivity index (χ4n) is 4.49. The van der Waals surface area contributed by atoms with Gasteiger partial charge in [-0.2, -0.15) is 0 Å². The van der Waals surface area contributed by atoms with Gasteiger partial charge in [-0.05, 0) is 56.5 Å². The lowest BCUT2D eigenvalue weighted by atomic mass is 9.76. The van der Waals surface area contributed by atoms with Gasteiger partial charge in [-0.1, -0.05) is 29.4 Å². The van der Waals surface area contributed by atoms with Gasteiger partial charge in [0.15, 0.2) is 0 Å². The van der Waals surface area contributed by atoms with E-state index in [1.807, 2.05) is 43.3 Å². The number of piperidine rings is 1. The number of aromatic nitrogens is 2. The second-order valence-corrected chi connectivity index (χ2v) is 8.34. The molecule has 3 aromatic rings. The number of ether oxygens (including phenoxy) is 1. The molecule has 0 aliphatic carbocycles. The molecule has 1 aliphatic rings. The number of aryl methyl sites for hydroxylation is 1. The first-order chi connectivity index (χ1) is 15.1. The summed E-state index contributed by atoms with van der Waals surface area (Å²) in [4.78, 5) is 19.6. The SMILES string of the molecule is CCOC(=O)[C@]1(Cc2cc(-c3ccccc3C)no2)CCCN(Cc2ccncc2)C1. The van der Waals surface area contributed by atoms with Gasteiger partial charge in [-0.15, -0.1) is 0 Å². The Morgan fingerprint density at radius 1 is 1.23 bits per heavy atom. The van der Waals surface area contributed by atoms with Crippen molar-refractivity contribution >= 4 is 5.97 Å². The molecule has 0 radical (unpaired) electrons. The van der Waals surface area contributed by atoms with E-state index in [1.165, 1.54) is 5.56 Å². The van der Waals surface area contributed by atoms with Gasteiger partial charge in [0.2, 0.25) is 0 Å². The summed E-state index contributed by atoms with van der Waals surface area (Å²) in [6.45, 7) is 6.66. The van der Waals surface area contributed by atoms with E-state index < -0.39 is 5.41 Å². The largest absolute Gasteiger partial charge is 0.466 e. The molecule has 1 aliphatic heterocycles. The average Bonchev–Trinajstić information content (AvgIpc) is 3.23. The highest BCUT2D eigenvalue weighted by Crippen LogP contribution is 2.37. The number of carbonyl (C=O) groups excluding carboxylic acids is 1. The zero-order valence-corrected chi connectivity index (χ0v) is 18.2. The highest BCUT2D eigenvalue weighted by Gasteiger charge is 2.44. The van der Waals surface area contributed by atoms with Crippen LogP contribution in [0.2, 0.25) is 0 Å². The minimum atomic E-state index is -0.635. The minimum absolute atomic E-state index is 0.150. The maximum atomic E-state index is 13.1. The normalized spacial score (nSPS) is 19.3. The predicted molar refractivity (Wildman–Crippen MR) is 118 cm³/mol. The fraction of sp³-hybridized carbons (Fsp3) is 0.400. The van der Waals surface area contributed by atoms with Gasteiger partial charge in [0, 0.05) is 43.5 Å². The molecule has 31 heavy (non-hydrogen) atoms. The Balaban J connectivity index is 1.56. The van der Waals surface area contributed by atoms with Crippen LogP contribution >= 0.6 is 0 Å². The summed E-state index contributed by atoms with van der Waals surface area (Å²) in [7, 11) is 0. The van der Waals surface area contributed by atoms with Gasteiger partial charge in [-0.25, -0.2) is 0 Å². The van der Waals surface area contributed by atoms with Crippen molar-refractivity contribution in [1.29, 1.82) is 0 Å². The lowest BCUT2D eigenvalue weighted by Crippen LogP contribution is -2.49. The average molecular weight is 420 g/mol. The molecule has 0 N–H and O–H groups in total. The van der Waals surface area contributed by atoms with Crippen molar-refractivity contribution in [2.24, 2.45) is 5.41 Å². The van der Waals surface area contributed by atoms with Crippen LogP contribution in [0.3, 0.4) is 0 Å². The number of hydrogen-bond donors (Lipinski definition) is 0. The zero-order valence-electron chi connectivity index (χ0n) is 18.2. The van der Waals surface area contributed by atoms with Gasteiger partial charge < -0.3 is 9.26 Å². The molecular formula is C25H29N3O3. The molecular weight excluding hydrogens is 390 g/mol. The summed E-state index contributed by atoms with van der Waals surface area (Å²) in [6.07, 6.45) is 5.80. The highest BCUT2D eigenvalue weighted by atomic mass is 16.5. The van der Waals surface area contributed by atoms with Gasteiger partial charge in [0.05, 0.1) is 12.0 Å². The third-order valence-corrected chi connectivity index (χ3v) is 6.01. The Kier molecular flexibility index (Phi) is 6.47. The fourth-order valence-corrected chi connectivity index (χ4v) is 4.49. The smallest absolute Gasteiger partial charge is 0.313 e. The predicted octanol–water partition coefficient (Wildman–Crippen LogP) is 4.43. The van der Waals surface area contributed by atoms with E-state index in [4.69, 9.17) is 9.26 Å². The van der Waals surface area contributed by atoms with E-state index in [1.54, 1.807) is 12.4 Å². The molecule has 162 valence electrons. The zero-order chi connectivity index (χ0) is 21.7. The first kappa shape index (κ1) is 21.2. The third kappa shape index (κ3) is 4.85. The number of hydrogen-bond acceptors (Lipinski definition) is 6.